The lowest BCUT2D eigenvalue weighted by Gasteiger charge is -2.24. The molecule has 0 heterocycles. The van der Waals surface area contributed by atoms with E-state index in [1.165, 1.54) is 42.4 Å². The van der Waals surface area contributed by atoms with Gasteiger partial charge in [-0.05, 0) is 55.0 Å². The van der Waals surface area contributed by atoms with E-state index in [2.05, 4.69) is 76.7 Å². The number of benzene rings is 2. The van der Waals surface area contributed by atoms with Gasteiger partial charge in [-0.1, -0.05) is 58.7 Å². The molecule has 0 spiro atoms. The number of halogens is 1. The van der Waals surface area contributed by atoms with E-state index in [0.29, 0.717) is 12.1 Å². The summed E-state index contributed by atoms with van der Waals surface area (Å²) in [5.41, 5.74) is 4.37. The van der Waals surface area contributed by atoms with Crippen LogP contribution in [0.3, 0.4) is 0 Å². The molecule has 21 heavy (non-hydrogen) atoms. The van der Waals surface area contributed by atoms with Gasteiger partial charge in [0, 0.05) is 16.6 Å². The molecule has 3 rings (SSSR count). The van der Waals surface area contributed by atoms with Gasteiger partial charge < -0.3 is 5.32 Å². The largest absolute Gasteiger partial charge is 0.303 e. The molecular formula is C19H22BrN. The van der Waals surface area contributed by atoms with Gasteiger partial charge >= 0.3 is 0 Å². The van der Waals surface area contributed by atoms with Crippen LogP contribution in [0, 0.1) is 0 Å². The average molecular weight is 344 g/mol. The molecule has 0 aliphatic heterocycles. The zero-order valence-corrected chi connectivity index (χ0v) is 14.1. The second-order valence-corrected chi connectivity index (χ2v) is 6.85. The topological polar surface area (TPSA) is 12.0 Å². The van der Waals surface area contributed by atoms with Crippen LogP contribution >= 0.6 is 15.9 Å². The van der Waals surface area contributed by atoms with Gasteiger partial charge in [-0.2, -0.15) is 0 Å². The Morgan fingerprint density at radius 2 is 1.81 bits per heavy atom. The maximum atomic E-state index is 3.84. The summed E-state index contributed by atoms with van der Waals surface area (Å²) in [6.45, 7) is 2.26. The van der Waals surface area contributed by atoms with Gasteiger partial charge in [0.15, 0.2) is 0 Å². The smallest absolute Gasteiger partial charge is 0.0328 e. The van der Waals surface area contributed by atoms with Crippen LogP contribution in [0.5, 0.6) is 0 Å². The summed E-state index contributed by atoms with van der Waals surface area (Å²) in [5.74, 6) is 0. The van der Waals surface area contributed by atoms with Crippen LogP contribution in [0.1, 0.15) is 55.0 Å². The van der Waals surface area contributed by atoms with Crippen LogP contribution in [0.15, 0.2) is 53.0 Å². The van der Waals surface area contributed by atoms with Crippen molar-refractivity contribution in [2.24, 2.45) is 0 Å². The first-order valence-corrected chi connectivity index (χ1v) is 8.62. The fraction of sp³-hybridized carbons (Fsp3) is 0.368. The van der Waals surface area contributed by atoms with E-state index in [-0.39, 0.29) is 0 Å². The average Bonchev–Trinajstić information content (AvgIpc) is 2.71. The summed E-state index contributed by atoms with van der Waals surface area (Å²) in [4.78, 5) is 0. The first-order chi connectivity index (χ1) is 10.2. The first-order valence-electron chi connectivity index (χ1n) is 7.83. The molecule has 110 valence electrons. The Balaban J connectivity index is 1.79. The van der Waals surface area contributed by atoms with Crippen molar-refractivity contribution in [3.05, 3.63) is 69.7 Å². The molecule has 1 aliphatic carbocycles. The summed E-state index contributed by atoms with van der Waals surface area (Å²) < 4.78 is 1.14. The minimum Gasteiger partial charge on any atom is -0.303 e. The highest BCUT2D eigenvalue weighted by atomic mass is 79.9. The van der Waals surface area contributed by atoms with E-state index in [9.17, 15) is 0 Å². The van der Waals surface area contributed by atoms with Crippen LogP contribution in [0.25, 0.3) is 0 Å². The molecule has 2 unspecified atom stereocenters. The number of fused-ring (bicyclic) bond motifs is 1. The molecule has 0 saturated heterocycles. The van der Waals surface area contributed by atoms with E-state index < -0.39 is 0 Å². The Kier molecular flexibility index (Phi) is 4.77. The molecule has 1 N–H and O–H groups in total. The van der Waals surface area contributed by atoms with Gasteiger partial charge in [-0.25, -0.2) is 0 Å². The Bertz CT molecular complexity index is 591. The highest BCUT2D eigenvalue weighted by Gasteiger charge is 2.20. The molecular weight excluding hydrogens is 322 g/mol. The lowest BCUT2D eigenvalue weighted by Crippen LogP contribution is -2.24. The predicted octanol–water partition coefficient (Wildman–Crippen LogP) is 5.57. The maximum absolute atomic E-state index is 3.84. The lowest BCUT2D eigenvalue weighted by atomic mass is 9.97. The molecule has 0 radical (unpaired) electrons. The zero-order valence-electron chi connectivity index (χ0n) is 12.5. The second-order valence-electron chi connectivity index (χ2n) is 5.94. The van der Waals surface area contributed by atoms with E-state index in [1.54, 1.807) is 0 Å². The minimum atomic E-state index is 0.370. The quantitative estimate of drug-likeness (QED) is 0.718. The summed E-state index contributed by atoms with van der Waals surface area (Å²) in [5, 5.41) is 3.84. The van der Waals surface area contributed by atoms with Gasteiger partial charge in [0.2, 0.25) is 0 Å². The molecule has 1 aliphatic rings. The van der Waals surface area contributed by atoms with Crippen molar-refractivity contribution in [1.82, 2.24) is 5.32 Å². The third-order valence-corrected chi connectivity index (χ3v) is 4.97. The van der Waals surface area contributed by atoms with Gasteiger partial charge in [-0.15, -0.1) is 0 Å². The molecule has 0 saturated carbocycles. The van der Waals surface area contributed by atoms with Gasteiger partial charge in [-0.3, -0.25) is 0 Å². The van der Waals surface area contributed by atoms with Crippen LogP contribution < -0.4 is 5.32 Å². The van der Waals surface area contributed by atoms with Crippen molar-refractivity contribution in [2.75, 3.05) is 0 Å². The van der Waals surface area contributed by atoms with Crippen molar-refractivity contribution < 1.29 is 0 Å². The molecule has 0 aromatic heterocycles. The van der Waals surface area contributed by atoms with E-state index in [0.717, 1.165) is 4.47 Å². The highest BCUT2D eigenvalue weighted by molar-refractivity contribution is 9.10. The molecule has 1 nitrogen and oxygen atoms in total. The summed E-state index contributed by atoms with van der Waals surface area (Å²) in [6.07, 6.45) is 5.07. The SMILES string of the molecule is CC(NC1CCCCc2ccccc21)c1ccc(Br)cc1. The molecule has 0 fully saturated rings. The van der Waals surface area contributed by atoms with Gasteiger partial charge in [0.1, 0.15) is 0 Å². The van der Waals surface area contributed by atoms with Crippen LogP contribution in [0.4, 0.5) is 0 Å². The number of rotatable bonds is 3. The Labute approximate surface area is 135 Å². The van der Waals surface area contributed by atoms with Crippen molar-refractivity contribution in [3.63, 3.8) is 0 Å². The Morgan fingerprint density at radius 1 is 1.05 bits per heavy atom. The van der Waals surface area contributed by atoms with Crippen molar-refractivity contribution >= 4 is 15.9 Å². The van der Waals surface area contributed by atoms with Crippen LogP contribution in [0.2, 0.25) is 0 Å². The number of nitrogens with one attached hydrogen (secondary N) is 1. The Morgan fingerprint density at radius 3 is 2.62 bits per heavy atom. The molecule has 2 heteroatoms. The normalized spacial score (nSPS) is 19.6. The van der Waals surface area contributed by atoms with E-state index >= 15 is 0 Å². The fourth-order valence-electron chi connectivity index (χ4n) is 3.24. The molecule has 2 aromatic rings. The standard InChI is InChI=1S/C19H22BrN/c1-14(15-10-12-17(20)13-11-15)21-19-9-5-3-7-16-6-2-4-8-18(16)19/h2,4,6,8,10-14,19,21H,3,5,7,9H2,1H3. The van der Waals surface area contributed by atoms with Gasteiger partial charge in [0.25, 0.3) is 0 Å². The number of hydrogen-bond donors (Lipinski definition) is 1. The Hall–Kier alpha value is -1.12. The molecule has 0 bridgehead atoms. The second kappa shape index (κ2) is 6.76. The summed E-state index contributed by atoms with van der Waals surface area (Å²) in [7, 11) is 0. The van der Waals surface area contributed by atoms with Gasteiger partial charge in [0.05, 0.1) is 0 Å². The van der Waals surface area contributed by atoms with Crippen LogP contribution in [-0.4, -0.2) is 0 Å². The third kappa shape index (κ3) is 3.56. The molecule has 2 aromatic carbocycles. The number of hydrogen-bond acceptors (Lipinski definition) is 1. The molecule has 0 amide bonds. The highest BCUT2D eigenvalue weighted by Crippen LogP contribution is 2.30. The van der Waals surface area contributed by atoms with Crippen LogP contribution in [-0.2, 0) is 6.42 Å². The maximum Gasteiger partial charge on any atom is 0.0328 e. The predicted molar refractivity (Wildman–Crippen MR) is 92.4 cm³/mol. The monoisotopic (exact) mass is 343 g/mol. The summed E-state index contributed by atoms with van der Waals surface area (Å²) in [6, 6.07) is 18.4. The minimum absolute atomic E-state index is 0.370. The number of aryl methyl sites for hydroxylation is 1. The molecule has 2 atom stereocenters. The van der Waals surface area contributed by atoms with Crippen molar-refractivity contribution in [1.29, 1.82) is 0 Å². The first kappa shape index (κ1) is 14.8. The van der Waals surface area contributed by atoms with Crippen molar-refractivity contribution in [3.8, 4) is 0 Å². The van der Waals surface area contributed by atoms with E-state index in [1.807, 2.05) is 0 Å². The fourth-order valence-corrected chi connectivity index (χ4v) is 3.51. The zero-order chi connectivity index (χ0) is 14.7. The van der Waals surface area contributed by atoms with Crippen molar-refractivity contribution in [2.45, 2.75) is 44.7 Å². The summed E-state index contributed by atoms with van der Waals surface area (Å²) >= 11 is 3.50. The van der Waals surface area contributed by atoms with E-state index in [4.69, 9.17) is 0 Å². The lowest BCUT2D eigenvalue weighted by molar-refractivity contribution is 0.437. The third-order valence-electron chi connectivity index (χ3n) is 4.44.